The van der Waals surface area contributed by atoms with Crippen molar-refractivity contribution in [2.45, 2.75) is 6.92 Å². The van der Waals surface area contributed by atoms with E-state index in [-0.39, 0.29) is 5.78 Å². The summed E-state index contributed by atoms with van der Waals surface area (Å²) in [5.74, 6) is 0.383. The van der Waals surface area contributed by atoms with Crippen molar-refractivity contribution >= 4 is 11.5 Å². The number of carbonyl (C=O) groups excluding carboxylic acids is 1. The second-order valence-corrected chi connectivity index (χ2v) is 3.81. The average Bonchev–Trinajstić information content (AvgIpc) is 2.75. The number of anilines is 1. The largest absolute Gasteiger partial charge is 0.495 e. The molecule has 0 radical (unpaired) electrons. The van der Waals surface area contributed by atoms with Crippen molar-refractivity contribution < 1.29 is 9.53 Å². The van der Waals surface area contributed by atoms with E-state index >= 15 is 0 Å². The van der Waals surface area contributed by atoms with E-state index in [0.29, 0.717) is 22.7 Å². The zero-order valence-electron chi connectivity index (χ0n) is 9.78. The van der Waals surface area contributed by atoms with Gasteiger partial charge >= 0.3 is 0 Å². The van der Waals surface area contributed by atoms with E-state index in [1.807, 2.05) is 13.0 Å². The lowest BCUT2D eigenvalue weighted by Gasteiger charge is -2.08. The Bertz CT molecular complexity index is 558. The van der Waals surface area contributed by atoms with Crippen LogP contribution < -0.4 is 10.5 Å². The topological polar surface area (TPSA) is 68.1 Å². The molecule has 2 rings (SSSR count). The summed E-state index contributed by atoms with van der Waals surface area (Å²) in [6.45, 7) is 1.89. The Morgan fingerprint density at radius 2 is 2.06 bits per heavy atom. The quantitative estimate of drug-likeness (QED) is 0.627. The SMILES string of the molecule is COc1cccc(C(=O)c2ccc(C)[nH]2)c1N. The number of H-pyrrole nitrogens is 1. The molecule has 1 heterocycles. The highest BCUT2D eigenvalue weighted by molar-refractivity contribution is 6.11. The minimum absolute atomic E-state index is 0.130. The van der Waals surface area contributed by atoms with Gasteiger partial charge in [-0.25, -0.2) is 0 Å². The first-order valence-corrected chi connectivity index (χ1v) is 5.26. The first-order valence-electron chi connectivity index (χ1n) is 5.26. The Kier molecular flexibility index (Phi) is 2.87. The van der Waals surface area contributed by atoms with Gasteiger partial charge in [0.25, 0.3) is 0 Å². The average molecular weight is 230 g/mol. The summed E-state index contributed by atoms with van der Waals surface area (Å²) in [7, 11) is 1.53. The minimum atomic E-state index is -0.130. The van der Waals surface area contributed by atoms with E-state index in [4.69, 9.17) is 10.5 Å². The molecule has 0 bridgehead atoms. The molecule has 17 heavy (non-hydrogen) atoms. The first kappa shape index (κ1) is 11.3. The number of aromatic nitrogens is 1. The van der Waals surface area contributed by atoms with Crippen LogP contribution >= 0.6 is 0 Å². The Morgan fingerprint density at radius 3 is 2.65 bits per heavy atom. The molecule has 0 saturated heterocycles. The van der Waals surface area contributed by atoms with Gasteiger partial charge in [-0.05, 0) is 31.2 Å². The number of nitrogen functional groups attached to an aromatic ring is 1. The molecule has 0 fully saturated rings. The van der Waals surface area contributed by atoms with Crippen LogP contribution in [-0.2, 0) is 0 Å². The number of aromatic amines is 1. The third kappa shape index (κ3) is 2.01. The summed E-state index contributed by atoms with van der Waals surface area (Å²) in [5.41, 5.74) is 8.17. The molecule has 4 nitrogen and oxygen atoms in total. The van der Waals surface area contributed by atoms with E-state index in [1.54, 1.807) is 24.3 Å². The molecule has 0 saturated carbocycles. The fourth-order valence-corrected chi connectivity index (χ4v) is 1.70. The van der Waals surface area contributed by atoms with Gasteiger partial charge in [0.2, 0.25) is 5.78 Å². The third-order valence-electron chi connectivity index (χ3n) is 2.61. The monoisotopic (exact) mass is 230 g/mol. The van der Waals surface area contributed by atoms with Gasteiger partial charge in [0.05, 0.1) is 24.1 Å². The summed E-state index contributed by atoms with van der Waals surface area (Å²) in [5, 5.41) is 0. The molecule has 0 aliphatic heterocycles. The van der Waals surface area contributed by atoms with Crippen LogP contribution in [0.4, 0.5) is 5.69 Å². The standard InChI is InChI=1S/C13H14N2O2/c1-8-6-7-10(15-8)13(16)9-4-3-5-11(17-2)12(9)14/h3-7,15H,14H2,1-2H3. The molecular formula is C13H14N2O2. The van der Waals surface area contributed by atoms with Crippen molar-refractivity contribution in [2.24, 2.45) is 0 Å². The van der Waals surface area contributed by atoms with Crippen LogP contribution in [0.3, 0.4) is 0 Å². The number of benzene rings is 1. The highest BCUT2D eigenvalue weighted by Crippen LogP contribution is 2.26. The highest BCUT2D eigenvalue weighted by atomic mass is 16.5. The molecule has 0 atom stereocenters. The van der Waals surface area contributed by atoms with Gasteiger partial charge in [0.15, 0.2) is 0 Å². The van der Waals surface area contributed by atoms with Gasteiger partial charge in [0, 0.05) is 5.69 Å². The summed E-state index contributed by atoms with van der Waals surface area (Å²) >= 11 is 0. The van der Waals surface area contributed by atoms with E-state index in [0.717, 1.165) is 5.69 Å². The number of hydrogen-bond acceptors (Lipinski definition) is 3. The van der Waals surface area contributed by atoms with Gasteiger partial charge in [-0.3, -0.25) is 4.79 Å². The minimum Gasteiger partial charge on any atom is -0.495 e. The molecule has 1 aromatic heterocycles. The number of nitrogens with one attached hydrogen (secondary N) is 1. The van der Waals surface area contributed by atoms with Crippen LogP contribution in [0.15, 0.2) is 30.3 Å². The van der Waals surface area contributed by atoms with E-state index in [1.165, 1.54) is 7.11 Å². The maximum atomic E-state index is 12.2. The van der Waals surface area contributed by atoms with Gasteiger partial charge in [-0.1, -0.05) is 6.07 Å². The summed E-state index contributed by atoms with van der Waals surface area (Å²) in [4.78, 5) is 15.2. The lowest BCUT2D eigenvalue weighted by atomic mass is 10.1. The van der Waals surface area contributed by atoms with Gasteiger partial charge in [-0.15, -0.1) is 0 Å². The van der Waals surface area contributed by atoms with E-state index < -0.39 is 0 Å². The number of carbonyl (C=O) groups is 1. The summed E-state index contributed by atoms with van der Waals surface area (Å²) < 4.78 is 5.09. The number of ketones is 1. The van der Waals surface area contributed by atoms with Gasteiger partial charge in [0.1, 0.15) is 5.75 Å². The first-order chi connectivity index (χ1) is 8.13. The highest BCUT2D eigenvalue weighted by Gasteiger charge is 2.15. The predicted octanol–water partition coefficient (Wildman–Crippen LogP) is 2.14. The van der Waals surface area contributed by atoms with E-state index in [9.17, 15) is 4.79 Å². The van der Waals surface area contributed by atoms with Crippen molar-refractivity contribution in [1.82, 2.24) is 4.98 Å². The predicted molar refractivity (Wildman–Crippen MR) is 66.4 cm³/mol. The summed E-state index contributed by atoms with van der Waals surface area (Å²) in [6.07, 6.45) is 0. The number of aryl methyl sites for hydroxylation is 1. The van der Waals surface area contributed by atoms with Crippen LogP contribution in [0.25, 0.3) is 0 Å². The second kappa shape index (κ2) is 4.33. The zero-order chi connectivity index (χ0) is 12.4. The fourth-order valence-electron chi connectivity index (χ4n) is 1.70. The Balaban J connectivity index is 2.44. The van der Waals surface area contributed by atoms with E-state index in [2.05, 4.69) is 4.98 Å². The smallest absolute Gasteiger partial charge is 0.211 e. The van der Waals surface area contributed by atoms with Crippen LogP contribution in [0, 0.1) is 6.92 Å². The lowest BCUT2D eigenvalue weighted by molar-refractivity contribution is 0.103. The summed E-state index contributed by atoms with van der Waals surface area (Å²) in [6, 6.07) is 8.76. The third-order valence-corrected chi connectivity index (χ3v) is 2.61. The number of methoxy groups -OCH3 is 1. The van der Waals surface area contributed by atoms with Gasteiger partial charge in [-0.2, -0.15) is 0 Å². The molecule has 4 heteroatoms. The molecule has 0 aliphatic rings. The van der Waals surface area contributed by atoms with Crippen molar-refractivity contribution in [3.63, 3.8) is 0 Å². The molecule has 88 valence electrons. The Labute approximate surface area is 99.4 Å². The Morgan fingerprint density at radius 1 is 1.29 bits per heavy atom. The van der Waals surface area contributed by atoms with Crippen molar-refractivity contribution in [2.75, 3.05) is 12.8 Å². The molecular weight excluding hydrogens is 216 g/mol. The van der Waals surface area contributed by atoms with Crippen molar-refractivity contribution in [1.29, 1.82) is 0 Å². The Hall–Kier alpha value is -2.23. The van der Waals surface area contributed by atoms with Crippen molar-refractivity contribution in [3.05, 3.63) is 47.3 Å². The molecule has 0 amide bonds. The van der Waals surface area contributed by atoms with Crippen LogP contribution in [-0.4, -0.2) is 17.9 Å². The molecule has 0 unspecified atom stereocenters. The number of rotatable bonds is 3. The number of nitrogens with two attached hydrogens (primary N) is 1. The maximum absolute atomic E-state index is 12.2. The molecule has 1 aromatic carbocycles. The second-order valence-electron chi connectivity index (χ2n) is 3.81. The fraction of sp³-hybridized carbons (Fsp3) is 0.154. The number of para-hydroxylation sites is 1. The number of hydrogen-bond donors (Lipinski definition) is 2. The molecule has 0 aliphatic carbocycles. The lowest BCUT2D eigenvalue weighted by Crippen LogP contribution is -2.07. The normalized spacial score (nSPS) is 10.2. The molecule has 0 spiro atoms. The molecule has 3 N–H and O–H groups in total. The van der Waals surface area contributed by atoms with Crippen LogP contribution in [0.5, 0.6) is 5.75 Å². The van der Waals surface area contributed by atoms with Crippen LogP contribution in [0.2, 0.25) is 0 Å². The molecule has 2 aromatic rings. The maximum Gasteiger partial charge on any atom is 0.211 e. The van der Waals surface area contributed by atoms with Gasteiger partial charge < -0.3 is 15.5 Å². The van der Waals surface area contributed by atoms with Crippen molar-refractivity contribution in [3.8, 4) is 5.75 Å². The van der Waals surface area contributed by atoms with Crippen LogP contribution in [0.1, 0.15) is 21.7 Å². The number of ether oxygens (including phenoxy) is 1. The zero-order valence-corrected chi connectivity index (χ0v) is 9.78.